The van der Waals surface area contributed by atoms with Gasteiger partial charge in [-0.25, -0.2) is 19.3 Å². The van der Waals surface area contributed by atoms with Crippen LogP contribution in [-0.4, -0.2) is 37.3 Å². The summed E-state index contributed by atoms with van der Waals surface area (Å²) in [5.74, 6) is -3.99. The first kappa shape index (κ1) is 19.2. The number of imidazole rings is 1. The van der Waals surface area contributed by atoms with Gasteiger partial charge in [-0.2, -0.15) is 8.78 Å². The van der Waals surface area contributed by atoms with E-state index in [1.54, 1.807) is 23.4 Å². The second kappa shape index (κ2) is 6.88. The van der Waals surface area contributed by atoms with Gasteiger partial charge in [-0.3, -0.25) is 4.79 Å². The second-order valence-corrected chi connectivity index (χ2v) is 9.07. The third kappa shape index (κ3) is 3.08. The molecule has 0 saturated heterocycles. The number of halogens is 3. The van der Waals surface area contributed by atoms with E-state index in [-0.39, 0.29) is 10.4 Å². The molecule has 0 bridgehead atoms. The number of benzene rings is 1. The highest BCUT2D eigenvalue weighted by molar-refractivity contribution is 7.18. The highest BCUT2D eigenvalue weighted by Gasteiger charge is 2.38. The van der Waals surface area contributed by atoms with Crippen molar-refractivity contribution >= 4 is 38.8 Å². The molecule has 0 spiro atoms. The SMILES string of the molecule is CC(F)(F)c1ncc(C(=O)N2CCc3[nH]cnc3[C@H]2c2nc3c(F)cccc3s2)s1. The highest BCUT2D eigenvalue weighted by Crippen LogP contribution is 2.39. The van der Waals surface area contributed by atoms with Gasteiger partial charge in [-0.05, 0) is 12.1 Å². The number of nitrogens with zero attached hydrogens (tertiary/aromatic N) is 4. The van der Waals surface area contributed by atoms with Gasteiger partial charge in [0.25, 0.3) is 11.8 Å². The normalized spacial score (nSPS) is 16.8. The Hall–Kier alpha value is -2.79. The van der Waals surface area contributed by atoms with Gasteiger partial charge in [-0.15, -0.1) is 22.7 Å². The highest BCUT2D eigenvalue weighted by atomic mass is 32.1. The summed E-state index contributed by atoms with van der Waals surface area (Å²) in [6.07, 6.45) is 3.25. The molecule has 1 N–H and O–H groups in total. The molecule has 0 aliphatic carbocycles. The fraction of sp³-hybridized carbons (Fsp3) is 0.263. The minimum Gasteiger partial charge on any atom is -0.348 e. The molecular formula is C19H14F3N5OS2. The Kier molecular flexibility index (Phi) is 4.40. The van der Waals surface area contributed by atoms with Crippen molar-refractivity contribution < 1.29 is 18.0 Å². The summed E-state index contributed by atoms with van der Waals surface area (Å²) in [5.41, 5.74) is 1.73. The van der Waals surface area contributed by atoms with E-state index in [9.17, 15) is 18.0 Å². The molecule has 1 aliphatic heterocycles. The van der Waals surface area contributed by atoms with Gasteiger partial charge >= 0.3 is 0 Å². The zero-order valence-corrected chi connectivity index (χ0v) is 17.2. The lowest BCUT2D eigenvalue weighted by Gasteiger charge is -2.33. The average Bonchev–Trinajstić information content (AvgIpc) is 3.44. The van der Waals surface area contributed by atoms with Crippen LogP contribution in [0.5, 0.6) is 0 Å². The number of aromatic nitrogens is 4. The molecule has 3 aromatic heterocycles. The molecule has 30 heavy (non-hydrogen) atoms. The topological polar surface area (TPSA) is 74.8 Å². The van der Waals surface area contributed by atoms with Crippen LogP contribution in [-0.2, 0) is 12.3 Å². The maximum Gasteiger partial charge on any atom is 0.296 e. The van der Waals surface area contributed by atoms with Crippen molar-refractivity contribution in [2.45, 2.75) is 25.3 Å². The third-order valence-corrected chi connectivity index (χ3v) is 7.13. The van der Waals surface area contributed by atoms with E-state index in [4.69, 9.17) is 0 Å². The molecule has 1 aromatic carbocycles. The lowest BCUT2D eigenvalue weighted by molar-refractivity contribution is 0.0172. The molecular weight excluding hydrogens is 435 g/mol. The predicted molar refractivity (Wildman–Crippen MR) is 106 cm³/mol. The molecule has 0 unspecified atom stereocenters. The van der Waals surface area contributed by atoms with E-state index >= 15 is 0 Å². The average molecular weight is 449 g/mol. The van der Waals surface area contributed by atoms with Crippen molar-refractivity contribution in [2.75, 3.05) is 6.54 Å². The molecule has 0 fully saturated rings. The van der Waals surface area contributed by atoms with Crippen LogP contribution in [0.15, 0.2) is 30.7 Å². The summed E-state index contributed by atoms with van der Waals surface area (Å²) < 4.78 is 42.0. The Morgan fingerprint density at radius 3 is 2.87 bits per heavy atom. The first-order valence-corrected chi connectivity index (χ1v) is 10.7. The van der Waals surface area contributed by atoms with E-state index in [0.717, 1.165) is 12.6 Å². The van der Waals surface area contributed by atoms with Crippen LogP contribution in [0.1, 0.15) is 44.0 Å². The van der Waals surface area contributed by atoms with Crippen LogP contribution >= 0.6 is 22.7 Å². The molecule has 1 aliphatic rings. The van der Waals surface area contributed by atoms with Gasteiger partial charge in [0.05, 0.1) is 22.9 Å². The number of amides is 1. The van der Waals surface area contributed by atoms with E-state index < -0.39 is 28.7 Å². The summed E-state index contributed by atoms with van der Waals surface area (Å²) in [5, 5.41) is 0.101. The van der Waals surface area contributed by atoms with Gasteiger partial charge in [0, 0.05) is 25.6 Å². The van der Waals surface area contributed by atoms with E-state index in [0.29, 0.717) is 39.7 Å². The molecule has 6 nitrogen and oxygen atoms in total. The van der Waals surface area contributed by atoms with Gasteiger partial charge in [0.2, 0.25) is 0 Å². The van der Waals surface area contributed by atoms with Gasteiger partial charge < -0.3 is 9.88 Å². The van der Waals surface area contributed by atoms with Crippen LogP contribution in [0.2, 0.25) is 0 Å². The number of carbonyl (C=O) groups is 1. The van der Waals surface area contributed by atoms with Crippen molar-refractivity contribution in [3.05, 3.63) is 62.8 Å². The number of H-pyrrole nitrogens is 1. The van der Waals surface area contributed by atoms with E-state index in [1.165, 1.54) is 23.6 Å². The van der Waals surface area contributed by atoms with E-state index in [1.807, 2.05) is 0 Å². The molecule has 5 rings (SSSR count). The van der Waals surface area contributed by atoms with Crippen molar-refractivity contribution in [1.29, 1.82) is 0 Å². The molecule has 154 valence electrons. The number of aromatic amines is 1. The molecule has 11 heteroatoms. The summed E-state index contributed by atoms with van der Waals surface area (Å²) in [6, 6.07) is 4.06. The molecule has 1 atom stereocenters. The van der Waals surface area contributed by atoms with Gasteiger partial charge in [0.15, 0.2) is 5.01 Å². The molecule has 0 radical (unpaired) electrons. The number of thiazole rings is 2. The Labute approximate surface area is 176 Å². The summed E-state index contributed by atoms with van der Waals surface area (Å²) in [4.78, 5) is 30.5. The zero-order chi connectivity index (χ0) is 21.0. The molecule has 0 saturated carbocycles. The first-order valence-electron chi connectivity index (χ1n) is 9.05. The quantitative estimate of drug-likeness (QED) is 0.499. The van der Waals surface area contributed by atoms with Crippen LogP contribution in [0.3, 0.4) is 0 Å². The Bertz CT molecular complexity index is 1260. The summed E-state index contributed by atoms with van der Waals surface area (Å²) in [6.45, 7) is 1.09. The molecule has 4 heterocycles. The first-order chi connectivity index (χ1) is 14.3. The number of fused-ring (bicyclic) bond motifs is 2. The number of rotatable bonds is 3. The zero-order valence-electron chi connectivity index (χ0n) is 15.5. The minimum atomic E-state index is -3.12. The smallest absolute Gasteiger partial charge is 0.296 e. The van der Waals surface area contributed by atoms with Crippen molar-refractivity contribution in [1.82, 2.24) is 24.8 Å². The lowest BCUT2D eigenvalue weighted by Crippen LogP contribution is -2.40. The maximum absolute atomic E-state index is 14.2. The maximum atomic E-state index is 14.2. The monoisotopic (exact) mass is 449 g/mol. The molecule has 1 amide bonds. The summed E-state index contributed by atoms with van der Waals surface area (Å²) >= 11 is 1.95. The largest absolute Gasteiger partial charge is 0.348 e. The van der Waals surface area contributed by atoms with Gasteiger partial charge in [-0.1, -0.05) is 6.07 Å². The van der Waals surface area contributed by atoms with Crippen molar-refractivity contribution in [2.24, 2.45) is 0 Å². The summed E-state index contributed by atoms with van der Waals surface area (Å²) in [7, 11) is 0. The fourth-order valence-corrected chi connectivity index (χ4v) is 5.41. The number of carbonyl (C=O) groups excluding carboxylic acids is 1. The lowest BCUT2D eigenvalue weighted by atomic mass is 10.0. The number of alkyl halides is 2. The van der Waals surface area contributed by atoms with Gasteiger partial charge in [0.1, 0.15) is 27.3 Å². The number of para-hydroxylation sites is 1. The van der Waals surface area contributed by atoms with Crippen molar-refractivity contribution in [3.63, 3.8) is 0 Å². The van der Waals surface area contributed by atoms with E-state index in [2.05, 4.69) is 19.9 Å². The standard InChI is InChI=1S/C19H14F3N5OS2/c1-19(21,22)18-23-7-12(30-18)17(28)27-6-5-10-14(25-8-24-10)15(27)16-26-13-9(20)3-2-4-11(13)29-16/h2-4,7-8,15H,5-6H2,1H3,(H,24,25)/t15-/m0/s1. The minimum absolute atomic E-state index is 0.114. The van der Waals surface area contributed by atoms with Crippen LogP contribution in [0.4, 0.5) is 13.2 Å². The Balaban J connectivity index is 1.59. The third-order valence-electron chi connectivity index (χ3n) is 4.90. The number of hydrogen-bond acceptors (Lipinski definition) is 6. The Morgan fingerprint density at radius 1 is 1.30 bits per heavy atom. The Morgan fingerprint density at radius 2 is 2.13 bits per heavy atom. The van der Waals surface area contributed by atoms with Crippen LogP contribution < -0.4 is 0 Å². The number of hydrogen-bond donors (Lipinski definition) is 1. The predicted octanol–water partition coefficient (Wildman–Crippen LogP) is 4.51. The van der Waals surface area contributed by atoms with Crippen molar-refractivity contribution in [3.8, 4) is 0 Å². The molecule has 4 aromatic rings. The fourth-order valence-electron chi connectivity index (χ4n) is 3.51. The number of nitrogens with one attached hydrogen (secondary N) is 1. The van der Waals surface area contributed by atoms with Crippen LogP contribution in [0.25, 0.3) is 10.2 Å². The van der Waals surface area contributed by atoms with Crippen LogP contribution in [0, 0.1) is 5.82 Å². The second-order valence-electron chi connectivity index (χ2n) is 6.97.